The summed E-state index contributed by atoms with van der Waals surface area (Å²) in [6, 6.07) is 18.5. The molecule has 126 valence electrons. The maximum absolute atomic E-state index is 13.1. The summed E-state index contributed by atoms with van der Waals surface area (Å²) in [5.74, 6) is -0.656. The minimum atomic E-state index is -0.522. The number of Topliss-reactive ketones (excluding diaryl/α,β-unsaturated/α-hetero) is 1. The molecule has 3 rings (SSSR count). The van der Waals surface area contributed by atoms with E-state index in [1.165, 1.54) is 0 Å². The summed E-state index contributed by atoms with van der Waals surface area (Å²) in [6.45, 7) is 1.72. The molecule has 1 aliphatic rings. The van der Waals surface area contributed by atoms with E-state index in [0.29, 0.717) is 11.1 Å². The van der Waals surface area contributed by atoms with Crippen molar-refractivity contribution in [3.05, 3.63) is 95.8 Å². The van der Waals surface area contributed by atoms with Crippen molar-refractivity contribution in [2.24, 2.45) is 5.73 Å². The van der Waals surface area contributed by atoms with Gasteiger partial charge in [0.05, 0.1) is 0 Å². The van der Waals surface area contributed by atoms with Gasteiger partial charge in [-0.05, 0) is 12.5 Å². The predicted molar refractivity (Wildman–Crippen MR) is 97.7 cm³/mol. The van der Waals surface area contributed by atoms with E-state index in [0.717, 1.165) is 5.56 Å². The van der Waals surface area contributed by atoms with E-state index in [9.17, 15) is 9.59 Å². The second-order valence-electron chi connectivity index (χ2n) is 6.04. The van der Waals surface area contributed by atoms with Crippen LogP contribution < -0.4 is 5.73 Å². The molecule has 1 aliphatic heterocycles. The van der Waals surface area contributed by atoms with E-state index < -0.39 is 11.9 Å². The molecule has 2 unspecified atom stereocenters. The van der Waals surface area contributed by atoms with Crippen LogP contribution in [0.25, 0.3) is 0 Å². The van der Waals surface area contributed by atoms with E-state index in [1.54, 1.807) is 30.2 Å². The molecular formula is C21H20N2O2. The van der Waals surface area contributed by atoms with Gasteiger partial charge in [-0.25, -0.2) is 0 Å². The van der Waals surface area contributed by atoms with Crippen LogP contribution in [0.5, 0.6) is 0 Å². The summed E-state index contributed by atoms with van der Waals surface area (Å²) in [5.41, 5.74) is 7.69. The van der Waals surface area contributed by atoms with E-state index in [1.807, 2.05) is 60.8 Å². The van der Waals surface area contributed by atoms with Crippen LogP contribution in [0.1, 0.15) is 28.8 Å². The Bertz CT molecular complexity index is 825. The lowest BCUT2D eigenvalue weighted by Crippen LogP contribution is -2.38. The minimum absolute atomic E-state index is 0.0551. The standard InChI is InChI=1S/C21H20N2O2/c1-15(21(22)25)23-13-12-18(16-8-4-2-5-9-16)19(14-23)20(24)17-10-6-3-7-11-17/h2-15,18H,1H3,(H2,22,25). The van der Waals surface area contributed by atoms with Crippen LogP contribution in [0.2, 0.25) is 0 Å². The third-order valence-electron chi connectivity index (χ3n) is 4.39. The van der Waals surface area contributed by atoms with Gasteiger partial charge in [0.15, 0.2) is 5.78 Å². The summed E-state index contributed by atoms with van der Waals surface area (Å²) in [4.78, 5) is 26.3. The van der Waals surface area contributed by atoms with Gasteiger partial charge in [0.1, 0.15) is 6.04 Å². The number of nitrogens with two attached hydrogens (primary N) is 1. The van der Waals surface area contributed by atoms with Gasteiger partial charge in [0.2, 0.25) is 5.91 Å². The molecule has 0 spiro atoms. The zero-order valence-corrected chi connectivity index (χ0v) is 14.0. The second kappa shape index (κ2) is 7.18. The normalized spacial score (nSPS) is 17.7. The molecule has 4 nitrogen and oxygen atoms in total. The Labute approximate surface area is 147 Å². The molecule has 0 fully saturated rings. The number of nitrogens with zero attached hydrogens (tertiary/aromatic N) is 1. The van der Waals surface area contributed by atoms with E-state index in [4.69, 9.17) is 5.73 Å². The highest BCUT2D eigenvalue weighted by molar-refractivity contribution is 6.10. The Morgan fingerprint density at radius 1 is 1.00 bits per heavy atom. The summed E-state index contributed by atoms with van der Waals surface area (Å²) in [7, 11) is 0. The number of primary amides is 1. The fraction of sp³-hybridized carbons (Fsp3) is 0.143. The number of hydrogen-bond acceptors (Lipinski definition) is 3. The number of hydrogen-bond donors (Lipinski definition) is 1. The highest BCUT2D eigenvalue weighted by Crippen LogP contribution is 2.32. The lowest BCUT2D eigenvalue weighted by Gasteiger charge is -2.29. The van der Waals surface area contributed by atoms with Gasteiger partial charge in [-0.15, -0.1) is 0 Å². The van der Waals surface area contributed by atoms with Gasteiger partial charge in [0, 0.05) is 29.5 Å². The van der Waals surface area contributed by atoms with Gasteiger partial charge in [-0.2, -0.15) is 0 Å². The van der Waals surface area contributed by atoms with Crippen LogP contribution in [-0.4, -0.2) is 22.6 Å². The molecule has 0 saturated carbocycles. The molecule has 0 aromatic heterocycles. The predicted octanol–water partition coefficient (Wildman–Crippen LogP) is 3.24. The van der Waals surface area contributed by atoms with Crippen molar-refractivity contribution in [1.82, 2.24) is 4.90 Å². The fourth-order valence-electron chi connectivity index (χ4n) is 2.87. The Balaban J connectivity index is 2.02. The Morgan fingerprint density at radius 3 is 2.20 bits per heavy atom. The van der Waals surface area contributed by atoms with Crippen molar-refractivity contribution < 1.29 is 9.59 Å². The first kappa shape index (κ1) is 16.7. The summed E-state index contributed by atoms with van der Waals surface area (Å²) in [6.07, 6.45) is 5.49. The summed E-state index contributed by atoms with van der Waals surface area (Å²) < 4.78 is 0. The first-order valence-corrected chi connectivity index (χ1v) is 8.19. The van der Waals surface area contributed by atoms with Crippen molar-refractivity contribution in [3.8, 4) is 0 Å². The molecule has 0 saturated heterocycles. The van der Waals surface area contributed by atoms with Crippen LogP contribution in [-0.2, 0) is 4.79 Å². The van der Waals surface area contributed by atoms with Crippen molar-refractivity contribution in [1.29, 1.82) is 0 Å². The van der Waals surface area contributed by atoms with Crippen LogP contribution in [0.4, 0.5) is 0 Å². The molecule has 25 heavy (non-hydrogen) atoms. The van der Waals surface area contributed by atoms with Crippen molar-refractivity contribution >= 4 is 11.7 Å². The Morgan fingerprint density at radius 2 is 1.60 bits per heavy atom. The van der Waals surface area contributed by atoms with E-state index in [-0.39, 0.29) is 11.7 Å². The second-order valence-corrected chi connectivity index (χ2v) is 6.04. The molecule has 2 aromatic carbocycles. The number of allylic oxidation sites excluding steroid dienone is 2. The topological polar surface area (TPSA) is 63.4 Å². The van der Waals surface area contributed by atoms with Crippen molar-refractivity contribution in [2.75, 3.05) is 0 Å². The molecule has 2 atom stereocenters. The number of carbonyl (C=O) groups excluding carboxylic acids is 2. The van der Waals surface area contributed by atoms with Crippen LogP contribution in [0, 0.1) is 0 Å². The Kier molecular flexibility index (Phi) is 4.80. The van der Waals surface area contributed by atoms with Crippen LogP contribution in [0.3, 0.4) is 0 Å². The summed E-state index contributed by atoms with van der Waals surface area (Å²) >= 11 is 0. The van der Waals surface area contributed by atoms with Crippen molar-refractivity contribution in [2.45, 2.75) is 18.9 Å². The average Bonchev–Trinajstić information content (AvgIpc) is 2.67. The number of carbonyl (C=O) groups is 2. The molecule has 0 bridgehead atoms. The van der Waals surface area contributed by atoms with Gasteiger partial charge in [-0.3, -0.25) is 9.59 Å². The smallest absolute Gasteiger partial charge is 0.240 e. The SMILES string of the molecule is CC(C(N)=O)N1C=CC(c2ccccc2)C(C(=O)c2ccccc2)=C1. The third kappa shape index (κ3) is 3.53. The molecule has 1 amide bonds. The number of ketones is 1. The van der Waals surface area contributed by atoms with Gasteiger partial charge < -0.3 is 10.6 Å². The zero-order valence-electron chi connectivity index (χ0n) is 14.0. The quantitative estimate of drug-likeness (QED) is 0.855. The van der Waals surface area contributed by atoms with Crippen LogP contribution >= 0.6 is 0 Å². The first-order valence-electron chi connectivity index (χ1n) is 8.19. The number of benzene rings is 2. The maximum Gasteiger partial charge on any atom is 0.240 e. The maximum atomic E-state index is 13.1. The molecule has 0 aliphatic carbocycles. The van der Waals surface area contributed by atoms with Gasteiger partial charge >= 0.3 is 0 Å². The van der Waals surface area contributed by atoms with E-state index in [2.05, 4.69) is 0 Å². The molecule has 2 aromatic rings. The molecule has 2 N–H and O–H groups in total. The minimum Gasteiger partial charge on any atom is -0.368 e. The van der Waals surface area contributed by atoms with Crippen LogP contribution in [0.15, 0.2) is 84.7 Å². The highest BCUT2D eigenvalue weighted by Gasteiger charge is 2.27. The molecule has 4 heteroatoms. The molecule has 0 radical (unpaired) electrons. The fourth-order valence-corrected chi connectivity index (χ4v) is 2.87. The average molecular weight is 332 g/mol. The molecular weight excluding hydrogens is 312 g/mol. The lowest BCUT2D eigenvalue weighted by atomic mass is 9.85. The van der Waals surface area contributed by atoms with Gasteiger partial charge in [-0.1, -0.05) is 66.7 Å². The third-order valence-corrected chi connectivity index (χ3v) is 4.39. The van der Waals surface area contributed by atoms with E-state index >= 15 is 0 Å². The summed E-state index contributed by atoms with van der Waals surface area (Å²) in [5, 5.41) is 0. The number of amides is 1. The van der Waals surface area contributed by atoms with Crippen molar-refractivity contribution in [3.63, 3.8) is 0 Å². The monoisotopic (exact) mass is 332 g/mol. The van der Waals surface area contributed by atoms with Gasteiger partial charge in [0.25, 0.3) is 0 Å². The largest absolute Gasteiger partial charge is 0.368 e. The first-order chi connectivity index (χ1) is 12.1. The molecule has 1 heterocycles. The Hall–Kier alpha value is -3.14. The highest BCUT2D eigenvalue weighted by atomic mass is 16.1. The lowest BCUT2D eigenvalue weighted by molar-refractivity contribution is -0.121. The number of rotatable bonds is 5. The zero-order chi connectivity index (χ0) is 17.8.